The molecule has 0 aromatic carbocycles. The van der Waals surface area contributed by atoms with Gasteiger partial charge in [-0.3, -0.25) is 19.2 Å². The standard InChI is InChI=1S/C37H46N2O13/c1-22-31(20-47-25(4)40)51-36(34(22)50-28(7)43)39-15-10-12-29(18-39)24(3)45-16-8-9-17-46-37(44)30-13-11-14-38(19-30)35-23(2)33(49-27(6)42)32(52-35)21-48-26(5)41/h8-15,18-19,22-23,31-36H,3,16-17,20-21H2,1-2,4-7H3/q+2/b9-8+/t22-,23-,31-,32-,33+,34-,35-,36-/m1/s1. The molecule has 0 spiro atoms. The second-order valence-electron chi connectivity index (χ2n) is 12.5. The van der Waals surface area contributed by atoms with Crippen LogP contribution in [0.2, 0.25) is 0 Å². The number of pyridine rings is 2. The molecule has 2 aromatic rings. The Balaban J connectivity index is 1.29. The molecule has 52 heavy (non-hydrogen) atoms. The highest BCUT2D eigenvalue weighted by molar-refractivity contribution is 5.88. The molecule has 0 radical (unpaired) electrons. The van der Waals surface area contributed by atoms with Crippen LogP contribution in [0.5, 0.6) is 0 Å². The van der Waals surface area contributed by atoms with Gasteiger partial charge in [0.1, 0.15) is 56.1 Å². The third kappa shape index (κ3) is 10.7. The van der Waals surface area contributed by atoms with Gasteiger partial charge in [0.25, 0.3) is 6.23 Å². The first-order chi connectivity index (χ1) is 24.7. The summed E-state index contributed by atoms with van der Waals surface area (Å²) in [7, 11) is 0. The first-order valence-corrected chi connectivity index (χ1v) is 16.8. The van der Waals surface area contributed by atoms with Gasteiger partial charge in [-0.2, -0.15) is 9.13 Å². The number of nitrogens with zero attached hydrogens (tertiary/aromatic N) is 2. The molecular formula is C37H46N2O13+2. The van der Waals surface area contributed by atoms with Crippen LogP contribution in [0.3, 0.4) is 0 Å². The Labute approximate surface area is 302 Å². The van der Waals surface area contributed by atoms with E-state index in [-0.39, 0.29) is 43.8 Å². The van der Waals surface area contributed by atoms with Crippen LogP contribution in [0.1, 0.15) is 69.9 Å². The highest BCUT2D eigenvalue weighted by Crippen LogP contribution is 2.35. The zero-order valence-electron chi connectivity index (χ0n) is 30.1. The molecule has 0 saturated carbocycles. The van der Waals surface area contributed by atoms with Gasteiger partial charge < -0.3 is 37.9 Å². The lowest BCUT2D eigenvalue weighted by Gasteiger charge is -2.19. The van der Waals surface area contributed by atoms with Crippen LogP contribution in [0.15, 0.2) is 67.8 Å². The number of carbonyl (C=O) groups excluding carboxylic acids is 5. The van der Waals surface area contributed by atoms with Crippen LogP contribution in [0, 0.1) is 11.8 Å². The number of esters is 5. The molecule has 0 N–H and O–H groups in total. The molecule has 0 bridgehead atoms. The van der Waals surface area contributed by atoms with E-state index in [1.54, 1.807) is 70.3 Å². The lowest BCUT2D eigenvalue weighted by molar-refractivity contribution is -0.765. The van der Waals surface area contributed by atoms with Crippen LogP contribution >= 0.6 is 0 Å². The maximum Gasteiger partial charge on any atom is 0.344 e. The predicted octanol–water partition coefficient (Wildman–Crippen LogP) is 2.72. The fourth-order valence-corrected chi connectivity index (χ4v) is 5.93. The van der Waals surface area contributed by atoms with Crippen LogP contribution in [0.25, 0.3) is 5.76 Å². The van der Waals surface area contributed by atoms with Crippen LogP contribution in [-0.4, -0.2) is 80.7 Å². The molecule has 280 valence electrons. The Kier molecular flexibility index (Phi) is 14.0. The lowest BCUT2D eigenvalue weighted by atomic mass is 10.0. The molecule has 4 heterocycles. The topological polar surface area (TPSA) is 167 Å². The average Bonchev–Trinajstić information content (AvgIpc) is 3.58. The Morgan fingerprint density at radius 2 is 1.19 bits per heavy atom. The third-order valence-electron chi connectivity index (χ3n) is 8.48. The van der Waals surface area contributed by atoms with Gasteiger partial charge in [-0.25, -0.2) is 4.79 Å². The summed E-state index contributed by atoms with van der Waals surface area (Å²) in [5, 5.41) is 0. The Morgan fingerprint density at radius 3 is 1.81 bits per heavy atom. The van der Waals surface area contributed by atoms with E-state index in [0.717, 1.165) is 0 Å². The number of hydrogen-bond donors (Lipinski definition) is 0. The van der Waals surface area contributed by atoms with Gasteiger partial charge in [-0.15, -0.1) is 0 Å². The second kappa shape index (κ2) is 18.4. The fraction of sp³-hybridized carbons (Fsp3) is 0.486. The van der Waals surface area contributed by atoms with Crippen molar-refractivity contribution in [3.63, 3.8) is 0 Å². The van der Waals surface area contributed by atoms with Crippen LogP contribution < -0.4 is 9.13 Å². The van der Waals surface area contributed by atoms with Crippen molar-refractivity contribution in [1.29, 1.82) is 0 Å². The van der Waals surface area contributed by atoms with Gasteiger partial charge in [0.05, 0.1) is 11.5 Å². The summed E-state index contributed by atoms with van der Waals surface area (Å²) >= 11 is 0. The molecule has 2 fully saturated rings. The van der Waals surface area contributed by atoms with Crippen molar-refractivity contribution < 1.29 is 71.0 Å². The molecule has 0 aliphatic carbocycles. The quantitative estimate of drug-likeness (QED) is 0.0865. The van der Waals surface area contributed by atoms with E-state index in [1.165, 1.54) is 27.7 Å². The maximum atomic E-state index is 12.9. The Hall–Kier alpha value is -5.15. The normalized spacial score (nSPS) is 25.3. The zero-order chi connectivity index (χ0) is 37.9. The minimum absolute atomic E-state index is 0.0204. The third-order valence-corrected chi connectivity index (χ3v) is 8.48. The van der Waals surface area contributed by atoms with Gasteiger partial charge in [0.15, 0.2) is 30.9 Å². The second-order valence-corrected chi connectivity index (χ2v) is 12.5. The molecule has 4 rings (SSSR count). The fourth-order valence-electron chi connectivity index (χ4n) is 5.93. The van der Waals surface area contributed by atoms with Gasteiger partial charge in [-0.05, 0) is 31.2 Å². The van der Waals surface area contributed by atoms with Crippen LogP contribution in [0.4, 0.5) is 0 Å². The van der Waals surface area contributed by atoms with Gasteiger partial charge >= 0.3 is 36.1 Å². The van der Waals surface area contributed by atoms with Gasteiger partial charge in [-0.1, -0.05) is 13.5 Å². The van der Waals surface area contributed by atoms with Crippen molar-refractivity contribution >= 4 is 35.6 Å². The number of hydrogen-bond acceptors (Lipinski definition) is 13. The van der Waals surface area contributed by atoms with E-state index in [4.69, 9.17) is 37.9 Å². The first kappa shape index (κ1) is 39.6. The molecule has 8 atom stereocenters. The van der Waals surface area contributed by atoms with Crippen molar-refractivity contribution in [2.75, 3.05) is 26.4 Å². The summed E-state index contributed by atoms with van der Waals surface area (Å²) in [6.07, 6.45) is 6.44. The predicted molar refractivity (Wildman–Crippen MR) is 178 cm³/mol. The summed E-state index contributed by atoms with van der Waals surface area (Å²) in [6, 6.07) is 6.86. The lowest BCUT2D eigenvalue weighted by Crippen LogP contribution is -2.46. The van der Waals surface area contributed by atoms with E-state index in [1.807, 2.05) is 13.8 Å². The van der Waals surface area contributed by atoms with Crippen molar-refractivity contribution in [3.8, 4) is 0 Å². The van der Waals surface area contributed by atoms with E-state index >= 15 is 0 Å². The molecule has 15 heteroatoms. The van der Waals surface area contributed by atoms with Crippen molar-refractivity contribution in [2.24, 2.45) is 11.8 Å². The van der Waals surface area contributed by atoms with Crippen molar-refractivity contribution in [2.45, 2.75) is 78.4 Å². The number of aromatic nitrogens is 2. The smallest absolute Gasteiger partial charge is 0.344 e. The summed E-state index contributed by atoms with van der Waals surface area (Å²) in [4.78, 5) is 59.2. The van der Waals surface area contributed by atoms with E-state index in [2.05, 4.69) is 6.58 Å². The van der Waals surface area contributed by atoms with Gasteiger partial charge in [0, 0.05) is 45.7 Å². The number of rotatable bonds is 15. The largest absolute Gasteiger partial charge is 0.489 e. The maximum absolute atomic E-state index is 12.9. The molecule has 0 unspecified atom stereocenters. The molecule has 2 saturated heterocycles. The van der Waals surface area contributed by atoms with Crippen molar-refractivity contribution in [3.05, 3.63) is 78.9 Å². The summed E-state index contributed by atoms with van der Waals surface area (Å²) in [5.41, 5.74) is 0.925. The summed E-state index contributed by atoms with van der Waals surface area (Å²) in [5.74, 6) is -2.62. The molecule has 2 aliphatic heterocycles. The molecular weight excluding hydrogens is 680 g/mol. The van der Waals surface area contributed by atoms with E-state index in [0.29, 0.717) is 11.3 Å². The number of ether oxygens (including phenoxy) is 8. The van der Waals surface area contributed by atoms with E-state index < -0.39 is 66.7 Å². The SMILES string of the molecule is C=C(OC/C=C/COC(=O)c1ccc[n+]([C@@H]2O[C@H](COC(C)=O)[C@@H](OC(C)=O)[C@H]2C)c1)c1ccc[n+]([C@@H]2O[C@H](COC(C)=O)[C@@H](C)[C@H]2OC(C)=O)c1. The van der Waals surface area contributed by atoms with Crippen molar-refractivity contribution in [1.82, 2.24) is 0 Å². The molecule has 2 aromatic heterocycles. The molecule has 2 aliphatic rings. The van der Waals surface area contributed by atoms with Gasteiger partial charge in [0.2, 0.25) is 0 Å². The summed E-state index contributed by atoms with van der Waals surface area (Å²) < 4.78 is 48.2. The Morgan fingerprint density at radius 1 is 0.673 bits per heavy atom. The molecule has 0 amide bonds. The first-order valence-electron chi connectivity index (χ1n) is 16.8. The Bertz CT molecular complexity index is 1660. The summed E-state index contributed by atoms with van der Waals surface area (Å²) in [6.45, 7) is 13.0. The highest BCUT2D eigenvalue weighted by atomic mass is 16.6. The zero-order valence-corrected chi connectivity index (χ0v) is 30.1. The monoisotopic (exact) mass is 726 g/mol. The van der Waals surface area contributed by atoms with Crippen LogP contribution in [-0.2, 0) is 57.1 Å². The minimum Gasteiger partial charge on any atom is -0.489 e. The van der Waals surface area contributed by atoms with E-state index in [9.17, 15) is 24.0 Å². The minimum atomic E-state index is -0.681. The highest BCUT2D eigenvalue weighted by Gasteiger charge is 2.51. The number of carbonyl (C=O) groups is 5. The average molecular weight is 727 g/mol. The molecule has 15 nitrogen and oxygen atoms in total.